The van der Waals surface area contributed by atoms with Crippen molar-refractivity contribution in [2.45, 2.75) is 13.1 Å². The van der Waals surface area contributed by atoms with E-state index in [2.05, 4.69) is 10.3 Å². The highest BCUT2D eigenvalue weighted by Crippen LogP contribution is 2.28. The van der Waals surface area contributed by atoms with Gasteiger partial charge >= 0.3 is 6.18 Å². The summed E-state index contributed by atoms with van der Waals surface area (Å²) >= 11 is 0. The van der Waals surface area contributed by atoms with E-state index in [9.17, 15) is 18.0 Å². The highest BCUT2D eigenvalue weighted by Gasteiger charge is 2.33. The number of anilines is 2. The third-order valence-corrected chi connectivity index (χ3v) is 4.97. The topological polar surface area (TPSA) is 60.1 Å². The summed E-state index contributed by atoms with van der Waals surface area (Å²) in [6.07, 6.45) is -3.37. The molecule has 1 aliphatic heterocycles. The molecule has 1 amide bonds. The number of aromatic nitrogens is 1. The third-order valence-electron chi connectivity index (χ3n) is 4.97. The number of aryl methyl sites for hydroxylation is 1. The Labute approximate surface area is 167 Å². The fourth-order valence-electron chi connectivity index (χ4n) is 3.37. The number of carbonyl (C=O) groups excluding carboxylic acids is 1. The number of amides is 1. The van der Waals surface area contributed by atoms with E-state index in [1.54, 1.807) is 7.11 Å². The van der Waals surface area contributed by atoms with Crippen molar-refractivity contribution in [1.29, 1.82) is 0 Å². The molecule has 3 rings (SSSR count). The Morgan fingerprint density at radius 1 is 1.24 bits per heavy atom. The number of pyridine rings is 1. The molecule has 2 aromatic rings. The SMILES string of the molecule is COc1ccc(C)cc1NC(=O)C[NH+]1CCN(c2ccc(C(F)(F)F)c[nH+]2)CC1. The maximum Gasteiger partial charge on any atom is 0.419 e. The first-order valence-corrected chi connectivity index (χ1v) is 9.38. The van der Waals surface area contributed by atoms with Crippen LogP contribution in [0.2, 0.25) is 0 Å². The molecule has 6 nitrogen and oxygen atoms in total. The van der Waals surface area contributed by atoms with Gasteiger partial charge < -0.3 is 15.0 Å². The standard InChI is InChI=1S/C20H23F3N4O2/c1-14-3-5-17(29-2)16(11-14)25-19(28)13-26-7-9-27(10-8-26)18-6-4-15(12-24-18)20(21,22)23/h3-6,11-12H,7-10,13H2,1-2H3,(H,25,28)/p+2. The first kappa shape index (κ1) is 20.9. The number of H-pyrrole nitrogens is 1. The van der Waals surface area contributed by atoms with Crippen molar-refractivity contribution in [3.05, 3.63) is 47.7 Å². The summed E-state index contributed by atoms with van der Waals surface area (Å²) in [5.41, 5.74) is 0.971. The first-order valence-electron chi connectivity index (χ1n) is 9.38. The lowest BCUT2D eigenvalue weighted by Gasteiger charge is -2.28. The smallest absolute Gasteiger partial charge is 0.419 e. The molecule has 0 atom stereocenters. The zero-order valence-corrected chi connectivity index (χ0v) is 16.4. The maximum absolute atomic E-state index is 12.7. The van der Waals surface area contributed by atoms with E-state index in [4.69, 9.17) is 4.74 Å². The van der Waals surface area contributed by atoms with Gasteiger partial charge in [0.1, 0.15) is 38.1 Å². The summed E-state index contributed by atoms with van der Waals surface area (Å²) in [7, 11) is 1.56. The number of methoxy groups -OCH3 is 1. The average Bonchev–Trinajstić information content (AvgIpc) is 2.68. The van der Waals surface area contributed by atoms with Crippen molar-refractivity contribution in [3.63, 3.8) is 0 Å². The number of quaternary nitrogens is 1. The van der Waals surface area contributed by atoms with Gasteiger partial charge in [0.05, 0.1) is 18.4 Å². The second-order valence-electron chi connectivity index (χ2n) is 7.13. The van der Waals surface area contributed by atoms with Gasteiger partial charge in [0.2, 0.25) is 0 Å². The van der Waals surface area contributed by atoms with E-state index in [0.29, 0.717) is 50.0 Å². The predicted octanol–water partition coefficient (Wildman–Crippen LogP) is 1.18. The van der Waals surface area contributed by atoms with Crippen molar-refractivity contribution < 1.29 is 32.6 Å². The molecular weight excluding hydrogens is 385 g/mol. The summed E-state index contributed by atoms with van der Waals surface area (Å²) in [6, 6.07) is 8.12. The highest BCUT2D eigenvalue weighted by molar-refractivity contribution is 5.93. The van der Waals surface area contributed by atoms with Crippen molar-refractivity contribution >= 4 is 17.4 Å². The monoisotopic (exact) mass is 410 g/mol. The minimum atomic E-state index is -4.36. The Kier molecular flexibility index (Phi) is 6.26. The molecule has 0 bridgehead atoms. The first-order chi connectivity index (χ1) is 13.8. The number of nitrogens with zero attached hydrogens (tertiary/aromatic N) is 1. The number of alkyl halides is 3. The fourth-order valence-corrected chi connectivity index (χ4v) is 3.37. The van der Waals surface area contributed by atoms with Crippen LogP contribution in [0.4, 0.5) is 24.7 Å². The lowest BCUT2D eigenvalue weighted by atomic mass is 10.2. The number of hydrogen-bond donors (Lipinski definition) is 2. The summed E-state index contributed by atoms with van der Waals surface area (Å²) in [4.78, 5) is 18.3. The van der Waals surface area contributed by atoms with Crippen LogP contribution in [0.15, 0.2) is 36.5 Å². The number of nitrogens with one attached hydrogen (secondary N) is 3. The molecule has 0 saturated carbocycles. The van der Waals surface area contributed by atoms with E-state index in [1.165, 1.54) is 6.07 Å². The summed E-state index contributed by atoms with van der Waals surface area (Å²) in [5.74, 6) is 1.16. The van der Waals surface area contributed by atoms with Crippen molar-refractivity contribution in [1.82, 2.24) is 0 Å². The number of halogens is 3. The molecule has 2 heterocycles. The van der Waals surface area contributed by atoms with Crippen LogP contribution in [-0.2, 0) is 11.0 Å². The summed E-state index contributed by atoms with van der Waals surface area (Å²) in [6.45, 7) is 5.00. The van der Waals surface area contributed by atoms with Gasteiger partial charge in [-0.25, -0.2) is 4.98 Å². The van der Waals surface area contributed by atoms with Crippen LogP contribution in [0.1, 0.15) is 11.1 Å². The zero-order chi connectivity index (χ0) is 21.0. The van der Waals surface area contributed by atoms with Crippen LogP contribution < -0.4 is 24.8 Å². The number of carbonyl (C=O) groups is 1. The molecule has 1 saturated heterocycles. The molecule has 1 fully saturated rings. The van der Waals surface area contributed by atoms with Crippen molar-refractivity contribution in [2.24, 2.45) is 0 Å². The molecule has 0 aliphatic carbocycles. The second kappa shape index (κ2) is 8.69. The van der Waals surface area contributed by atoms with Crippen LogP contribution in [0.3, 0.4) is 0 Å². The number of hydrogen-bond acceptors (Lipinski definition) is 3. The molecule has 0 spiro atoms. The van der Waals surface area contributed by atoms with E-state index in [0.717, 1.165) is 22.7 Å². The molecule has 156 valence electrons. The van der Waals surface area contributed by atoms with Gasteiger partial charge in [0, 0.05) is 6.07 Å². The number of rotatable bonds is 5. The largest absolute Gasteiger partial charge is 0.495 e. The van der Waals surface area contributed by atoms with Gasteiger partial charge in [-0.05, 0) is 30.7 Å². The Hall–Kier alpha value is -2.81. The predicted molar refractivity (Wildman–Crippen MR) is 102 cm³/mol. The Bertz CT molecular complexity index is 848. The van der Waals surface area contributed by atoms with Crippen LogP contribution >= 0.6 is 0 Å². The summed E-state index contributed by atoms with van der Waals surface area (Å²) < 4.78 is 43.3. The van der Waals surface area contributed by atoms with Gasteiger partial charge in [-0.1, -0.05) is 6.07 Å². The lowest BCUT2D eigenvalue weighted by molar-refractivity contribution is -0.892. The highest BCUT2D eigenvalue weighted by atomic mass is 19.4. The quantitative estimate of drug-likeness (QED) is 0.779. The molecular formula is C20H25F3N4O2+2. The molecule has 0 radical (unpaired) electrons. The lowest BCUT2D eigenvalue weighted by Crippen LogP contribution is -3.15. The molecule has 3 N–H and O–H groups in total. The molecule has 1 aromatic heterocycles. The van der Waals surface area contributed by atoms with Gasteiger partial charge in [0.25, 0.3) is 11.7 Å². The van der Waals surface area contributed by atoms with Crippen molar-refractivity contribution in [2.75, 3.05) is 50.1 Å². The van der Waals surface area contributed by atoms with Crippen molar-refractivity contribution in [3.8, 4) is 5.75 Å². The molecule has 29 heavy (non-hydrogen) atoms. The van der Waals surface area contributed by atoms with E-state index >= 15 is 0 Å². The van der Waals surface area contributed by atoms with Crippen LogP contribution in [0.25, 0.3) is 0 Å². The van der Waals surface area contributed by atoms with Crippen LogP contribution in [0, 0.1) is 6.92 Å². The Morgan fingerprint density at radius 3 is 2.55 bits per heavy atom. The summed E-state index contributed by atoms with van der Waals surface area (Å²) in [5, 5.41) is 2.90. The number of piperazine rings is 1. The Balaban J connectivity index is 1.52. The van der Waals surface area contributed by atoms with E-state index in [1.807, 2.05) is 30.0 Å². The number of aromatic amines is 1. The van der Waals surface area contributed by atoms with E-state index < -0.39 is 11.7 Å². The zero-order valence-electron chi connectivity index (χ0n) is 16.4. The van der Waals surface area contributed by atoms with Crippen LogP contribution in [-0.4, -0.2) is 45.7 Å². The number of ether oxygens (including phenoxy) is 1. The Morgan fingerprint density at radius 2 is 1.97 bits per heavy atom. The van der Waals surface area contributed by atoms with Crippen LogP contribution in [0.5, 0.6) is 5.75 Å². The molecule has 1 aliphatic rings. The normalized spacial score (nSPS) is 15.3. The third kappa shape index (κ3) is 5.38. The van der Waals surface area contributed by atoms with Gasteiger partial charge in [-0.2, -0.15) is 13.2 Å². The molecule has 9 heteroatoms. The maximum atomic E-state index is 12.7. The second-order valence-corrected chi connectivity index (χ2v) is 7.13. The minimum Gasteiger partial charge on any atom is -0.495 e. The molecule has 0 unspecified atom stereocenters. The van der Waals surface area contributed by atoms with Gasteiger partial charge in [0.15, 0.2) is 6.54 Å². The van der Waals surface area contributed by atoms with E-state index in [-0.39, 0.29) is 5.91 Å². The number of benzene rings is 1. The van der Waals surface area contributed by atoms with Gasteiger partial charge in [-0.3, -0.25) is 9.69 Å². The molecule has 1 aromatic carbocycles. The average molecular weight is 410 g/mol. The fraction of sp³-hybridized carbons (Fsp3) is 0.400. The van der Waals surface area contributed by atoms with Gasteiger partial charge in [-0.15, -0.1) is 0 Å². The minimum absolute atomic E-state index is 0.0987.